The second-order valence-electron chi connectivity index (χ2n) is 10.0. The Morgan fingerprint density at radius 2 is 1.63 bits per heavy atom. The Balaban J connectivity index is 1.36. The molecule has 0 aliphatic rings. The summed E-state index contributed by atoms with van der Waals surface area (Å²) in [4.78, 5) is 29.1. The number of carbonyl (C=O) groups excluding carboxylic acids is 1. The van der Waals surface area contributed by atoms with Gasteiger partial charge < -0.3 is 19.9 Å². The highest BCUT2D eigenvalue weighted by atomic mass is 32.1. The van der Waals surface area contributed by atoms with Gasteiger partial charge in [-0.25, -0.2) is 4.98 Å². The van der Waals surface area contributed by atoms with Crippen LogP contribution in [-0.2, 0) is 33.7 Å². The molecule has 4 aromatic rings. The topological polar surface area (TPSA) is 97.8 Å². The predicted octanol–water partition coefficient (Wildman–Crippen LogP) is 6.47. The maximum atomic E-state index is 11.9. The molecule has 0 spiro atoms. The fourth-order valence-electron chi connectivity index (χ4n) is 4.43. The quantitative estimate of drug-likeness (QED) is 0.167. The number of aliphatic carboxylic acids is 1. The third-order valence-corrected chi connectivity index (χ3v) is 7.54. The number of ether oxygens (including phenoxy) is 2. The fourth-order valence-corrected chi connectivity index (χ4v) is 5.40. The summed E-state index contributed by atoms with van der Waals surface area (Å²) in [5.41, 5.74) is 6.27. The fraction of sp³-hybridized carbons (Fsp3) is 0.303. The Kier molecular flexibility index (Phi) is 10.6. The smallest absolute Gasteiger partial charge is 0.320 e. The van der Waals surface area contributed by atoms with E-state index in [0.717, 1.165) is 32.3 Å². The van der Waals surface area contributed by atoms with Crippen LogP contribution in [0, 0.1) is 6.92 Å². The third kappa shape index (κ3) is 8.99. The number of rotatable bonds is 14. The molecule has 0 saturated carbocycles. The molecule has 8 heteroatoms. The Morgan fingerprint density at radius 3 is 2.34 bits per heavy atom. The van der Waals surface area contributed by atoms with Crippen molar-refractivity contribution >= 4 is 23.3 Å². The van der Waals surface area contributed by atoms with Gasteiger partial charge in [-0.3, -0.25) is 9.59 Å². The van der Waals surface area contributed by atoms with Gasteiger partial charge in [-0.2, -0.15) is 0 Å². The van der Waals surface area contributed by atoms with E-state index >= 15 is 0 Å². The van der Waals surface area contributed by atoms with Crippen LogP contribution in [0.4, 0.5) is 0 Å². The lowest BCUT2D eigenvalue weighted by atomic mass is 10.0. The van der Waals surface area contributed by atoms with Crippen LogP contribution in [0.3, 0.4) is 0 Å². The molecular formula is C33H36N2O5S. The van der Waals surface area contributed by atoms with Crippen molar-refractivity contribution in [3.63, 3.8) is 0 Å². The molecule has 0 atom stereocenters. The monoisotopic (exact) mass is 572 g/mol. The number of nitrogens with zero attached hydrogens (tertiary/aromatic N) is 1. The van der Waals surface area contributed by atoms with Gasteiger partial charge in [0.25, 0.3) is 0 Å². The first kappa shape index (κ1) is 30.0. The summed E-state index contributed by atoms with van der Waals surface area (Å²) >= 11 is 1.68. The highest BCUT2D eigenvalue weighted by Gasteiger charge is 2.12. The van der Waals surface area contributed by atoms with E-state index in [0.29, 0.717) is 31.7 Å². The first-order chi connectivity index (χ1) is 19.8. The van der Waals surface area contributed by atoms with Crippen LogP contribution in [-0.4, -0.2) is 41.3 Å². The largest absolute Gasteiger partial charge is 0.493 e. The number of benzene rings is 3. The minimum atomic E-state index is -0.852. The summed E-state index contributed by atoms with van der Waals surface area (Å²) in [6.45, 7) is 6.62. The molecule has 0 amide bonds. The maximum absolute atomic E-state index is 11.9. The van der Waals surface area contributed by atoms with Gasteiger partial charge in [0.15, 0.2) is 0 Å². The molecule has 1 aromatic heterocycles. The molecule has 0 aliphatic carbocycles. The number of hydrogen-bond acceptors (Lipinski definition) is 7. The van der Waals surface area contributed by atoms with Crippen molar-refractivity contribution in [2.24, 2.45) is 0 Å². The number of aromatic nitrogens is 1. The van der Waals surface area contributed by atoms with E-state index in [-0.39, 0.29) is 25.0 Å². The van der Waals surface area contributed by atoms with E-state index in [1.54, 1.807) is 25.2 Å². The number of carboxylic acid groups (broad SMARTS) is 1. The van der Waals surface area contributed by atoms with Crippen LogP contribution in [0.15, 0.2) is 72.8 Å². The molecule has 41 heavy (non-hydrogen) atoms. The van der Waals surface area contributed by atoms with E-state index in [4.69, 9.17) is 19.6 Å². The highest BCUT2D eigenvalue weighted by molar-refractivity contribution is 7.15. The van der Waals surface area contributed by atoms with Gasteiger partial charge >= 0.3 is 11.9 Å². The van der Waals surface area contributed by atoms with Crippen molar-refractivity contribution < 1.29 is 24.2 Å². The first-order valence-electron chi connectivity index (χ1n) is 13.8. The number of hydrogen-bond donors (Lipinski definition) is 2. The average molecular weight is 573 g/mol. The van der Waals surface area contributed by atoms with Gasteiger partial charge in [-0.1, -0.05) is 60.7 Å². The lowest BCUT2D eigenvalue weighted by Gasteiger charge is -2.14. The highest BCUT2D eigenvalue weighted by Crippen LogP contribution is 2.30. The zero-order valence-corrected chi connectivity index (χ0v) is 24.5. The van der Waals surface area contributed by atoms with Gasteiger partial charge in [0.05, 0.1) is 24.9 Å². The normalized spacial score (nSPS) is 11.0. The molecule has 2 N–H and O–H groups in total. The van der Waals surface area contributed by atoms with Gasteiger partial charge in [-0.15, -0.1) is 11.3 Å². The lowest BCUT2D eigenvalue weighted by molar-refractivity contribution is -0.146. The molecule has 214 valence electrons. The Bertz CT molecular complexity index is 1450. The summed E-state index contributed by atoms with van der Waals surface area (Å²) in [7, 11) is 0. The van der Waals surface area contributed by atoms with Crippen molar-refractivity contribution in [2.45, 2.75) is 52.7 Å². The Hall–Kier alpha value is -4.01. The zero-order valence-electron chi connectivity index (χ0n) is 23.7. The van der Waals surface area contributed by atoms with Gasteiger partial charge in [0.1, 0.15) is 10.8 Å². The SMILES string of the molecule is Cc1sc(-c2ccc(-c3ccccc3)cc2)nc1CCOc1ccc(CCC(=O)O)c(CNCC(=O)OC(C)C)c1. The maximum Gasteiger partial charge on any atom is 0.320 e. The van der Waals surface area contributed by atoms with Crippen molar-refractivity contribution in [2.75, 3.05) is 13.2 Å². The van der Waals surface area contributed by atoms with Crippen molar-refractivity contribution in [3.05, 3.63) is 94.5 Å². The molecule has 0 fully saturated rings. The number of carbonyl (C=O) groups is 2. The summed E-state index contributed by atoms with van der Waals surface area (Å²) in [5.74, 6) is -0.491. The van der Waals surface area contributed by atoms with Crippen LogP contribution in [0.2, 0.25) is 0 Å². The third-order valence-electron chi connectivity index (χ3n) is 6.48. The van der Waals surface area contributed by atoms with Crippen LogP contribution in [0.25, 0.3) is 21.7 Å². The summed E-state index contributed by atoms with van der Waals surface area (Å²) in [5, 5.41) is 13.2. The summed E-state index contributed by atoms with van der Waals surface area (Å²) in [6.07, 6.45) is 0.920. The second kappa shape index (κ2) is 14.6. The van der Waals surface area contributed by atoms with Gasteiger partial charge in [-0.05, 0) is 61.6 Å². The number of thiazole rings is 1. The molecule has 0 bridgehead atoms. The number of carboxylic acids is 1. The molecular weight excluding hydrogens is 536 g/mol. The van der Waals surface area contributed by atoms with Crippen molar-refractivity contribution in [3.8, 4) is 27.4 Å². The molecule has 7 nitrogen and oxygen atoms in total. The predicted molar refractivity (Wildman–Crippen MR) is 162 cm³/mol. The zero-order chi connectivity index (χ0) is 29.2. The second-order valence-corrected chi connectivity index (χ2v) is 11.2. The number of aryl methyl sites for hydroxylation is 2. The molecule has 4 rings (SSSR count). The molecule has 3 aromatic carbocycles. The Morgan fingerprint density at radius 1 is 0.927 bits per heavy atom. The van der Waals surface area contributed by atoms with E-state index in [1.165, 1.54) is 11.1 Å². The van der Waals surface area contributed by atoms with Crippen LogP contribution < -0.4 is 10.1 Å². The van der Waals surface area contributed by atoms with Gasteiger partial charge in [0, 0.05) is 29.8 Å². The van der Waals surface area contributed by atoms with Crippen LogP contribution in [0.1, 0.15) is 42.0 Å². The van der Waals surface area contributed by atoms with E-state index in [1.807, 2.05) is 36.4 Å². The molecule has 0 unspecified atom stereocenters. The lowest BCUT2D eigenvalue weighted by Crippen LogP contribution is -2.26. The summed E-state index contributed by atoms with van der Waals surface area (Å²) < 4.78 is 11.2. The molecule has 0 saturated heterocycles. The van der Waals surface area contributed by atoms with E-state index in [2.05, 4.69) is 48.6 Å². The minimum absolute atomic E-state index is 0.0308. The number of esters is 1. The number of nitrogens with one attached hydrogen (secondary N) is 1. The van der Waals surface area contributed by atoms with Crippen molar-refractivity contribution in [1.29, 1.82) is 0 Å². The molecule has 0 radical (unpaired) electrons. The first-order valence-corrected chi connectivity index (χ1v) is 14.6. The minimum Gasteiger partial charge on any atom is -0.493 e. The average Bonchev–Trinajstić information content (AvgIpc) is 3.32. The Labute approximate surface area is 245 Å². The summed E-state index contributed by atoms with van der Waals surface area (Å²) in [6, 6.07) is 24.5. The van der Waals surface area contributed by atoms with E-state index in [9.17, 15) is 9.59 Å². The molecule has 1 heterocycles. The molecule has 0 aliphatic heterocycles. The van der Waals surface area contributed by atoms with Crippen LogP contribution >= 0.6 is 11.3 Å². The van der Waals surface area contributed by atoms with E-state index < -0.39 is 5.97 Å². The van der Waals surface area contributed by atoms with Crippen molar-refractivity contribution in [1.82, 2.24) is 10.3 Å². The van der Waals surface area contributed by atoms with Crippen LogP contribution in [0.5, 0.6) is 5.75 Å². The standard InChI is InChI=1S/C33H36N2O5S/c1-22(2)40-32(38)21-34-20-28-19-29(15-13-26(28)14-16-31(36)37)39-18-17-30-23(3)41-33(35-30)27-11-9-25(10-12-27)24-7-5-4-6-8-24/h4-13,15,19,22,34H,14,16-18,20-21H2,1-3H3,(H,36,37). The van der Waals surface area contributed by atoms with Gasteiger partial charge in [0.2, 0.25) is 0 Å².